The third kappa shape index (κ3) is 4.62. The number of ether oxygens (including phenoxy) is 4. The van der Waals surface area contributed by atoms with Crippen molar-refractivity contribution in [1.29, 1.82) is 0 Å². The van der Waals surface area contributed by atoms with E-state index < -0.39 is 41.2 Å². The second-order valence-electron chi connectivity index (χ2n) is 12.1. The van der Waals surface area contributed by atoms with E-state index in [-0.39, 0.29) is 23.0 Å². The number of hydrogen-bond donors (Lipinski definition) is 3. The minimum Gasteiger partial charge on any atom is -0.497 e. The van der Waals surface area contributed by atoms with Crippen LogP contribution in [0.5, 0.6) is 23.0 Å². The summed E-state index contributed by atoms with van der Waals surface area (Å²) < 4.78 is 23.6. The quantitative estimate of drug-likeness (QED) is 0.320. The van der Waals surface area contributed by atoms with Gasteiger partial charge in [-0.05, 0) is 49.9 Å². The Balaban J connectivity index is 1.61. The number of amides is 2. The molecule has 0 spiro atoms. The summed E-state index contributed by atoms with van der Waals surface area (Å²) in [6, 6.07) is 19.6. The van der Waals surface area contributed by atoms with Crippen molar-refractivity contribution in [3.05, 3.63) is 95.1 Å². The zero-order chi connectivity index (χ0) is 32.8. The molecular weight excluding hydrogens is 588 g/mol. The monoisotopic (exact) mass is 628 g/mol. The average Bonchev–Trinajstić information content (AvgIpc) is 3.59. The van der Waals surface area contributed by atoms with Crippen molar-refractivity contribution in [2.24, 2.45) is 5.92 Å². The Bertz CT molecular complexity index is 1660. The molecule has 0 unspecified atom stereocenters. The van der Waals surface area contributed by atoms with Gasteiger partial charge in [0.15, 0.2) is 5.60 Å². The molecule has 2 bridgehead atoms. The van der Waals surface area contributed by atoms with E-state index in [1.165, 1.54) is 14.2 Å². The Morgan fingerprint density at radius 1 is 1.00 bits per heavy atom. The Morgan fingerprint density at radius 2 is 1.70 bits per heavy atom. The Morgan fingerprint density at radius 3 is 2.33 bits per heavy atom. The molecular formula is C36H40N2O8. The number of nitrogens with one attached hydrogen (secondary N) is 1. The first-order valence-electron chi connectivity index (χ1n) is 15.4. The van der Waals surface area contributed by atoms with Crippen LogP contribution in [0.2, 0.25) is 0 Å². The number of nitrogens with zero attached hydrogens (tertiary/aromatic N) is 1. The molecule has 2 heterocycles. The molecule has 0 aromatic heterocycles. The van der Waals surface area contributed by atoms with Gasteiger partial charge in [0.25, 0.3) is 0 Å². The SMILES string of the molecule is C/C=C(\C)C(=O)N[C@@H]1CCCN1C(=O)[C@@H]1[C@@H](c2ccccc2)[C@]2(c3ccc(OC)cc3)Oc3cc(OC)cc(OC)c3[C@@]1(O)[C@@H]2O. The van der Waals surface area contributed by atoms with Gasteiger partial charge in [0.05, 0.1) is 32.8 Å². The van der Waals surface area contributed by atoms with Crippen LogP contribution in [0.3, 0.4) is 0 Å². The molecule has 46 heavy (non-hydrogen) atoms. The molecule has 3 aromatic carbocycles. The molecule has 6 atom stereocenters. The van der Waals surface area contributed by atoms with Gasteiger partial charge in [-0.2, -0.15) is 0 Å². The molecule has 3 N–H and O–H groups in total. The fraction of sp³-hybridized carbons (Fsp3) is 0.389. The lowest BCUT2D eigenvalue weighted by molar-refractivity contribution is -0.167. The zero-order valence-corrected chi connectivity index (χ0v) is 26.7. The second-order valence-corrected chi connectivity index (χ2v) is 12.1. The average molecular weight is 629 g/mol. The molecule has 2 aliphatic heterocycles. The molecule has 242 valence electrons. The van der Waals surface area contributed by atoms with E-state index in [9.17, 15) is 15.0 Å². The minimum atomic E-state index is -2.18. The van der Waals surface area contributed by atoms with Crippen LogP contribution in [0.1, 0.15) is 49.3 Å². The van der Waals surface area contributed by atoms with E-state index in [0.29, 0.717) is 47.6 Å². The van der Waals surface area contributed by atoms with E-state index in [1.54, 1.807) is 68.3 Å². The number of methoxy groups -OCH3 is 3. The Kier molecular flexibility index (Phi) is 8.20. The van der Waals surface area contributed by atoms with Crippen LogP contribution in [-0.4, -0.2) is 67.1 Å². The fourth-order valence-electron chi connectivity index (χ4n) is 7.52. The van der Waals surface area contributed by atoms with Gasteiger partial charge in [-0.3, -0.25) is 9.59 Å². The number of aliphatic hydroxyl groups excluding tert-OH is 1. The highest BCUT2D eigenvalue weighted by Gasteiger charge is 2.76. The van der Waals surface area contributed by atoms with Crippen LogP contribution in [0.15, 0.2) is 78.4 Å². The topological polar surface area (TPSA) is 127 Å². The molecule has 10 heteroatoms. The highest BCUT2D eigenvalue weighted by molar-refractivity contribution is 5.93. The number of rotatable bonds is 8. The summed E-state index contributed by atoms with van der Waals surface area (Å²) >= 11 is 0. The molecule has 2 amide bonds. The molecule has 6 rings (SSSR count). The standard InChI is InChI=1S/C36H40N2O8/c1-6-21(2)32(39)37-28-13-10-18-38(28)33(40)31-29(22-11-8-7-9-12-22)36(23-14-16-24(43-3)17-15-23)34(41)35(31,42)30-26(45-5)19-25(44-4)20-27(30)46-36/h6-9,11-12,14-17,19-20,28-29,31,34,41-42H,10,13,18H2,1-5H3,(H,37,39)/b21-6+/t28-,29+,31-,34-,35-,36-/m0/s1. The number of fused-ring (bicyclic) bond motifs is 4. The van der Waals surface area contributed by atoms with Gasteiger partial charge in [-0.1, -0.05) is 48.5 Å². The van der Waals surface area contributed by atoms with E-state index >= 15 is 4.79 Å². The van der Waals surface area contributed by atoms with Crippen molar-refractivity contribution in [3.8, 4) is 23.0 Å². The largest absolute Gasteiger partial charge is 0.497 e. The smallest absolute Gasteiger partial charge is 0.248 e. The van der Waals surface area contributed by atoms with Crippen LogP contribution in [0.25, 0.3) is 0 Å². The Labute approximate surface area is 268 Å². The first-order valence-corrected chi connectivity index (χ1v) is 15.4. The van der Waals surface area contributed by atoms with Crippen LogP contribution >= 0.6 is 0 Å². The van der Waals surface area contributed by atoms with Gasteiger partial charge in [0.2, 0.25) is 11.8 Å². The van der Waals surface area contributed by atoms with Gasteiger partial charge < -0.3 is 39.4 Å². The molecule has 1 saturated carbocycles. The first kappa shape index (κ1) is 31.4. The number of allylic oxidation sites excluding steroid dienone is 1. The van der Waals surface area contributed by atoms with Gasteiger partial charge in [-0.25, -0.2) is 0 Å². The lowest BCUT2D eigenvalue weighted by Crippen LogP contribution is -2.56. The van der Waals surface area contributed by atoms with Crippen LogP contribution in [0, 0.1) is 5.92 Å². The third-order valence-electron chi connectivity index (χ3n) is 9.86. The molecule has 3 aromatic rings. The van der Waals surface area contributed by atoms with Crippen LogP contribution in [0.4, 0.5) is 0 Å². The summed E-state index contributed by atoms with van der Waals surface area (Å²) in [6.45, 7) is 3.87. The number of likely N-dealkylation sites (tertiary alicyclic amines) is 1. The maximum atomic E-state index is 15.1. The maximum absolute atomic E-state index is 15.1. The van der Waals surface area contributed by atoms with Gasteiger partial charge >= 0.3 is 0 Å². The maximum Gasteiger partial charge on any atom is 0.248 e. The van der Waals surface area contributed by atoms with E-state index in [4.69, 9.17) is 18.9 Å². The van der Waals surface area contributed by atoms with Crippen molar-refractivity contribution < 1.29 is 38.7 Å². The Hall–Kier alpha value is -4.54. The predicted molar refractivity (Wildman–Crippen MR) is 170 cm³/mol. The summed E-state index contributed by atoms with van der Waals surface area (Å²) in [6.07, 6.45) is 0.710. The lowest BCUT2D eigenvalue weighted by atomic mass is 9.75. The molecule has 1 aliphatic carbocycles. The lowest BCUT2D eigenvalue weighted by Gasteiger charge is -2.45. The van der Waals surface area contributed by atoms with Crippen molar-refractivity contribution in [1.82, 2.24) is 10.2 Å². The summed E-state index contributed by atoms with van der Waals surface area (Å²) in [4.78, 5) is 29.7. The van der Waals surface area contributed by atoms with Gasteiger partial charge in [0.1, 0.15) is 40.9 Å². The number of aliphatic hydroxyl groups is 2. The third-order valence-corrected chi connectivity index (χ3v) is 9.86. The molecule has 1 saturated heterocycles. The summed E-state index contributed by atoms with van der Waals surface area (Å²) in [5, 5.41) is 28.7. The molecule has 3 aliphatic rings. The van der Waals surface area contributed by atoms with E-state index in [0.717, 1.165) is 0 Å². The van der Waals surface area contributed by atoms with E-state index in [1.807, 2.05) is 30.3 Å². The summed E-state index contributed by atoms with van der Waals surface area (Å²) in [7, 11) is 4.52. The first-order chi connectivity index (χ1) is 22.1. The number of carbonyl (C=O) groups is 2. The fourth-order valence-corrected chi connectivity index (χ4v) is 7.52. The van der Waals surface area contributed by atoms with Crippen molar-refractivity contribution >= 4 is 11.8 Å². The highest BCUT2D eigenvalue weighted by atomic mass is 16.5. The second kappa shape index (κ2) is 12.0. The summed E-state index contributed by atoms with van der Waals surface area (Å²) in [5.41, 5.74) is -1.88. The summed E-state index contributed by atoms with van der Waals surface area (Å²) in [5.74, 6) is -1.37. The zero-order valence-electron chi connectivity index (χ0n) is 26.7. The van der Waals surface area contributed by atoms with Crippen LogP contribution in [-0.2, 0) is 20.8 Å². The highest BCUT2D eigenvalue weighted by Crippen LogP contribution is 2.68. The number of hydrogen-bond acceptors (Lipinski definition) is 8. The normalized spacial score (nSPS) is 28.2. The predicted octanol–water partition coefficient (Wildman–Crippen LogP) is 3.99. The number of benzene rings is 3. The molecule has 2 fully saturated rings. The van der Waals surface area contributed by atoms with E-state index in [2.05, 4.69) is 5.32 Å². The van der Waals surface area contributed by atoms with Crippen molar-refractivity contribution in [2.45, 2.75) is 56.1 Å². The van der Waals surface area contributed by atoms with Crippen molar-refractivity contribution in [2.75, 3.05) is 27.9 Å². The minimum absolute atomic E-state index is 0.161. The number of carbonyl (C=O) groups excluding carboxylic acids is 2. The van der Waals surface area contributed by atoms with Crippen molar-refractivity contribution in [3.63, 3.8) is 0 Å². The van der Waals surface area contributed by atoms with Crippen LogP contribution < -0.4 is 24.3 Å². The van der Waals surface area contributed by atoms with Gasteiger partial charge in [0, 0.05) is 30.2 Å². The molecule has 10 nitrogen and oxygen atoms in total. The molecule has 0 radical (unpaired) electrons. The van der Waals surface area contributed by atoms with Gasteiger partial charge in [-0.15, -0.1) is 0 Å².